The third kappa shape index (κ3) is 5.22. The molecule has 0 atom stereocenters. The summed E-state index contributed by atoms with van der Waals surface area (Å²) < 4.78 is 0. The molecule has 0 radical (unpaired) electrons. The van der Waals surface area contributed by atoms with Crippen molar-refractivity contribution in [2.75, 3.05) is 0 Å². The molecule has 8 bridgehead atoms. The van der Waals surface area contributed by atoms with Crippen LogP contribution in [0.2, 0.25) is 0 Å². The number of nitrogens with one attached hydrogen (secondary N) is 2. The van der Waals surface area contributed by atoms with Gasteiger partial charge in [0, 0.05) is 48.7 Å². The van der Waals surface area contributed by atoms with Crippen molar-refractivity contribution in [2.45, 2.75) is 107 Å². The van der Waals surface area contributed by atoms with Gasteiger partial charge in [-0.3, -0.25) is 0 Å². The fraction of sp³-hybridized carbons (Fsp3) is 0.444. The van der Waals surface area contributed by atoms with Crippen LogP contribution in [0.3, 0.4) is 0 Å². The van der Waals surface area contributed by atoms with Gasteiger partial charge in [-0.25, -0.2) is 4.98 Å². The standard InChI is InChI=1S/C36H45N4.Pt/c1-9-23-25(11-3)33-29(15-7)35-27(13-5)28(14-6)36(40-35)30(16-8)34-26(12-4)24(10-2)32(39-34)20-22-18-17-21(37-22)19-31(23)38-33;/h17,19-20,38-39H,9-16H2,1-8H3;/q-1;. The van der Waals surface area contributed by atoms with Gasteiger partial charge in [-0.15, -0.1) is 12.1 Å². The van der Waals surface area contributed by atoms with Gasteiger partial charge in [-0.05, 0) is 96.0 Å². The first-order chi connectivity index (χ1) is 19.5. The second-order valence-corrected chi connectivity index (χ2v) is 10.8. The van der Waals surface area contributed by atoms with E-state index >= 15 is 0 Å². The predicted octanol–water partition coefficient (Wildman–Crippen LogP) is 9.28. The van der Waals surface area contributed by atoms with Gasteiger partial charge in [-0.2, -0.15) is 6.08 Å². The molecular weight excluding hydrogens is 684 g/mol. The van der Waals surface area contributed by atoms with Crippen molar-refractivity contribution in [1.82, 2.24) is 19.9 Å². The Balaban J connectivity index is 0.00000387. The van der Waals surface area contributed by atoms with E-state index in [2.05, 4.69) is 83.6 Å². The Kier molecular flexibility index (Phi) is 9.96. The molecule has 0 saturated heterocycles. The molecule has 0 amide bonds. The summed E-state index contributed by atoms with van der Waals surface area (Å²) in [5.41, 5.74) is 20.1. The van der Waals surface area contributed by atoms with E-state index in [4.69, 9.17) is 9.97 Å². The van der Waals surface area contributed by atoms with Crippen LogP contribution >= 0.6 is 0 Å². The number of H-pyrrole nitrogens is 2. The average Bonchev–Trinajstić information content (AvgIpc) is 3.73. The van der Waals surface area contributed by atoms with Crippen molar-refractivity contribution in [3.63, 3.8) is 0 Å². The van der Waals surface area contributed by atoms with Crippen molar-refractivity contribution in [3.05, 3.63) is 74.4 Å². The number of nitrogens with zero attached hydrogens (tertiary/aromatic N) is 2. The van der Waals surface area contributed by atoms with E-state index in [0.29, 0.717) is 0 Å². The molecule has 2 aliphatic heterocycles. The van der Waals surface area contributed by atoms with Crippen LogP contribution in [0, 0.1) is 6.08 Å². The van der Waals surface area contributed by atoms with Crippen LogP contribution in [0.25, 0.3) is 39.3 Å². The van der Waals surface area contributed by atoms with Crippen LogP contribution in [0.4, 0.5) is 0 Å². The fourth-order valence-corrected chi connectivity index (χ4v) is 7.05. The molecule has 0 aliphatic carbocycles. The topological polar surface area (TPSA) is 57.4 Å². The van der Waals surface area contributed by atoms with Gasteiger partial charge in [0.1, 0.15) is 0 Å². The molecule has 5 rings (SSSR count). The molecule has 3 aromatic heterocycles. The Morgan fingerprint density at radius 1 is 0.537 bits per heavy atom. The first kappa shape index (κ1) is 31.2. The Labute approximate surface area is 260 Å². The third-order valence-corrected chi connectivity index (χ3v) is 8.86. The summed E-state index contributed by atoms with van der Waals surface area (Å²) in [6, 6.07) is 4.39. The minimum atomic E-state index is 0. The summed E-state index contributed by atoms with van der Waals surface area (Å²) >= 11 is 0. The number of aromatic nitrogens is 4. The third-order valence-electron chi connectivity index (χ3n) is 8.86. The summed E-state index contributed by atoms with van der Waals surface area (Å²) in [5, 5.41) is 0. The van der Waals surface area contributed by atoms with Gasteiger partial charge in [0.2, 0.25) is 0 Å². The van der Waals surface area contributed by atoms with E-state index in [1.807, 2.05) is 6.08 Å². The molecule has 5 heterocycles. The molecule has 2 N–H and O–H groups in total. The first-order valence-electron chi connectivity index (χ1n) is 15.6. The maximum Gasteiger partial charge on any atom is 0.0725 e. The van der Waals surface area contributed by atoms with Gasteiger partial charge in [0.05, 0.1) is 11.4 Å². The van der Waals surface area contributed by atoms with E-state index in [1.165, 1.54) is 66.9 Å². The molecule has 4 nitrogen and oxygen atoms in total. The van der Waals surface area contributed by atoms with E-state index in [9.17, 15) is 0 Å². The Morgan fingerprint density at radius 3 is 1.39 bits per heavy atom. The number of aromatic amines is 2. The Morgan fingerprint density at radius 2 is 0.976 bits per heavy atom. The van der Waals surface area contributed by atoms with Crippen LogP contribution in [-0.2, 0) is 59.6 Å². The molecular formula is C36H45N4Pt-. The second-order valence-electron chi connectivity index (χ2n) is 10.8. The first-order valence-corrected chi connectivity index (χ1v) is 15.6. The molecule has 0 aromatic carbocycles. The van der Waals surface area contributed by atoms with Gasteiger partial charge in [-0.1, -0.05) is 67.2 Å². The summed E-state index contributed by atoms with van der Waals surface area (Å²) in [6.07, 6.45) is 13.2. The number of hydrogen-bond acceptors (Lipinski definition) is 2. The normalized spacial score (nSPS) is 12.8. The quantitative estimate of drug-likeness (QED) is 0.178. The Hall–Kier alpha value is -2.71. The molecule has 5 heteroatoms. The maximum atomic E-state index is 5.57. The zero-order valence-electron chi connectivity index (χ0n) is 26.1. The van der Waals surface area contributed by atoms with Crippen LogP contribution < -0.4 is 0 Å². The van der Waals surface area contributed by atoms with E-state index in [-0.39, 0.29) is 21.1 Å². The van der Waals surface area contributed by atoms with Crippen molar-refractivity contribution < 1.29 is 21.1 Å². The second kappa shape index (κ2) is 13.1. The number of allylic oxidation sites excluding steroid dienone is 2. The number of aryl methyl sites for hydroxylation is 6. The summed E-state index contributed by atoms with van der Waals surface area (Å²) in [4.78, 5) is 18.3. The van der Waals surface area contributed by atoms with Crippen molar-refractivity contribution in [2.24, 2.45) is 0 Å². The molecule has 0 unspecified atom stereocenters. The van der Waals surface area contributed by atoms with Crippen molar-refractivity contribution in [1.29, 1.82) is 0 Å². The van der Waals surface area contributed by atoms with E-state index in [0.717, 1.165) is 73.8 Å². The van der Waals surface area contributed by atoms with Crippen molar-refractivity contribution in [3.8, 4) is 0 Å². The summed E-state index contributed by atoms with van der Waals surface area (Å²) in [5.74, 6) is 0. The molecule has 0 saturated carbocycles. The van der Waals surface area contributed by atoms with Crippen LogP contribution in [0.1, 0.15) is 124 Å². The average molecular weight is 729 g/mol. The molecule has 220 valence electrons. The van der Waals surface area contributed by atoms with E-state index < -0.39 is 0 Å². The zero-order valence-corrected chi connectivity index (χ0v) is 28.4. The number of fused-ring (bicyclic) bond motifs is 8. The van der Waals surface area contributed by atoms with Gasteiger partial charge in [0.15, 0.2) is 0 Å². The molecule has 0 spiro atoms. The molecule has 3 aromatic rings. The molecule has 0 fully saturated rings. The minimum Gasteiger partial charge on any atom is -0.365 e. The van der Waals surface area contributed by atoms with E-state index in [1.54, 1.807) is 0 Å². The zero-order chi connectivity index (χ0) is 28.6. The van der Waals surface area contributed by atoms with Crippen LogP contribution in [0.5, 0.6) is 0 Å². The number of rotatable bonds is 8. The SMILES string of the molecule is CCC1=C(CC)c2nc1c(CC)c1[nH]c(cc3nc(cc4[nH]c(c2CC)c(CC)c4CC)C=[C-]3)c(CC)c1CC.[Pt]. The Bertz CT molecular complexity index is 1560. The van der Waals surface area contributed by atoms with Gasteiger partial charge in [0.25, 0.3) is 0 Å². The van der Waals surface area contributed by atoms with Gasteiger partial charge < -0.3 is 15.0 Å². The molecule has 2 aliphatic rings. The van der Waals surface area contributed by atoms with Crippen LogP contribution in [0.15, 0.2) is 12.1 Å². The van der Waals surface area contributed by atoms with Gasteiger partial charge >= 0.3 is 0 Å². The summed E-state index contributed by atoms with van der Waals surface area (Å²) in [6.45, 7) is 18.2. The van der Waals surface area contributed by atoms with Crippen molar-refractivity contribution >= 4 is 39.3 Å². The largest absolute Gasteiger partial charge is 0.365 e. The minimum absolute atomic E-state index is 0. The summed E-state index contributed by atoms with van der Waals surface area (Å²) in [7, 11) is 0. The fourth-order valence-electron chi connectivity index (χ4n) is 7.05. The smallest absolute Gasteiger partial charge is 0.0725 e. The van der Waals surface area contributed by atoms with Crippen LogP contribution in [-0.4, -0.2) is 19.9 Å². The molecule has 41 heavy (non-hydrogen) atoms. The maximum absolute atomic E-state index is 5.57. The monoisotopic (exact) mass is 728 g/mol. The predicted molar refractivity (Wildman–Crippen MR) is 171 cm³/mol. The number of hydrogen-bond donors (Lipinski definition) is 2.